The van der Waals surface area contributed by atoms with Gasteiger partial charge >= 0.3 is 12.1 Å². The molecule has 6 nitrogen and oxygen atoms in total. The van der Waals surface area contributed by atoms with E-state index in [-0.39, 0.29) is 19.1 Å². The van der Waals surface area contributed by atoms with E-state index < -0.39 is 17.7 Å². The van der Waals surface area contributed by atoms with E-state index >= 15 is 0 Å². The Labute approximate surface area is 206 Å². The van der Waals surface area contributed by atoms with Crippen molar-refractivity contribution >= 4 is 17.6 Å². The van der Waals surface area contributed by atoms with Crippen LogP contribution in [-0.4, -0.2) is 31.7 Å². The summed E-state index contributed by atoms with van der Waals surface area (Å²) in [4.78, 5) is 25.7. The number of esters is 1. The van der Waals surface area contributed by atoms with Gasteiger partial charge in [-0.1, -0.05) is 18.2 Å². The Bertz CT molecular complexity index is 1220. The highest BCUT2D eigenvalue weighted by Crippen LogP contribution is 2.36. The van der Waals surface area contributed by atoms with Crippen molar-refractivity contribution in [2.45, 2.75) is 26.1 Å². The minimum Gasteiger partial charge on any atom is -0.493 e. The highest BCUT2D eigenvalue weighted by Gasteiger charge is 2.33. The number of carbonyl (C=O) groups excluding carboxylic acids is 2. The number of hydrogen-bond acceptors (Lipinski definition) is 5. The minimum atomic E-state index is -4.44. The molecule has 4 rings (SSSR count). The van der Waals surface area contributed by atoms with Gasteiger partial charge in [0.25, 0.3) is 5.91 Å². The molecule has 0 saturated heterocycles. The minimum absolute atomic E-state index is 0.155. The van der Waals surface area contributed by atoms with Crippen molar-refractivity contribution in [3.05, 3.63) is 89.0 Å². The second kappa shape index (κ2) is 10.7. The maximum absolute atomic E-state index is 12.9. The number of anilines is 1. The number of ether oxygens (including phenoxy) is 3. The molecule has 0 bridgehead atoms. The van der Waals surface area contributed by atoms with Gasteiger partial charge in [0.05, 0.1) is 25.3 Å². The van der Waals surface area contributed by atoms with Gasteiger partial charge in [-0.25, -0.2) is 4.79 Å². The standard InChI is InChI=1S/C27H24F3NO5/c1-2-34-25(32)17-36-21-12-6-18(7-13-21)14-15-35-24-5-3-4-22-23(24)16-31(26(22)33)20-10-8-19(9-11-20)27(28,29)30/h3-13H,2,14-17H2,1H3. The summed E-state index contributed by atoms with van der Waals surface area (Å²) in [6, 6.07) is 17.0. The van der Waals surface area contributed by atoms with E-state index in [0.29, 0.717) is 47.9 Å². The van der Waals surface area contributed by atoms with Gasteiger partial charge in [0.2, 0.25) is 0 Å². The Balaban J connectivity index is 1.35. The van der Waals surface area contributed by atoms with Crippen LogP contribution in [-0.2, 0) is 28.7 Å². The number of halogens is 3. The summed E-state index contributed by atoms with van der Waals surface area (Å²) in [6.45, 7) is 2.44. The third-order valence-corrected chi connectivity index (χ3v) is 5.66. The lowest BCUT2D eigenvalue weighted by Gasteiger charge is -2.17. The first kappa shape index (κ1) is 25.1. The van der Waals surface area contributed by atoms with Gasteiger partial charge in [-0.2, -0.15) is 13.2 Å². The molecule has 0 fully saturated rings. The van der Waals surface area contributed by atoms with Crippen LogP contribution in [0.2, 0.25) is 0 Å². The molecule has 3 aromatic rings. The van der Waals surface area contributed by atoms with E-state index in [1.165, 1.54) is 17.0 Å². The first-order chi connectivity index (χ1) is 17.3. The van der Waals surface area contributed by atoms with Crippen molar-refractivity contribution in [3.8, 4) is 11.5 Å². The lowest BCUT2D eigenvalue weighted by molar-refractivity contribution is -0.145. The third kappa shape index (κ3) is 5.79. The molecule has 0 aliphatic carbocycles. The Morgan fingerprint density at radius 3 is 2.36 bits per heavy atom. The fourth-order valence-electron chi connectivity index (χ4n) is 3.85. The number of amides is 1. The summed E-state index contributed by atoms with van der Waals surface area (Å²) in [5.41, 5.74) is 1.78. The molecule has 0 atom stereocenters. The largest absolute Gasteiger partial charge is 0.493 e. The first-order valence-corrected chi connectivity index (χ1v) is 11.4. The van der Waals surface area contributed by atoms with Gasteiger partial charge in [-0.15, -0.1) is 0 Å². The number of nitrogens with zero attached hydrogens (tertiary/aromatic N) is 1. The molecule has 0 unspecified atom stereocenters. The summed E-state index contributed by atoms with van der Waals surface area (Å²) < 4.78 is 54.8. The van der Waals surface area contributed by atoms with Crippen LogP contribution in [0.3, 0.4) is 0 Å². The zero-order chi connectivity index (χ0) is 25.7. The maximum atomic E-state index is 12.9. The fraction of sp³-hybridized carbons (Fsp3) is 0.259. The Morgan fingerprint density at radius 1 is 0.972 bits per heavy atom. The highest BCUT2D eigenvalue weighted by atomic mass is 19.4. The molecule has 0 spiro atoms. The van der Waals surface area contributed by atoms with Crippen LogP contribution in [0.15, 0.2) is 66.7 Å². The topological polar surface area (TPSA) is 65.1 Å². The first-order valence-electron chi connectivity index (χ1n) is 11.4. The van der Waals surface area contributed by atoms with E-state index in [1.807, 2.05) is 12.1 Å². The van der Waals surface area contributed by atoms with Crippen molar-refractivity contribution in [1.82, 2.24) is 0 Å². The number of rotatable bonds is 9. The van der Waals surface area contributed by atoms with Gasteiger partial charge in [0.1, 0.15) is 11.5 Å². The summed E-state index contributed by atoms with van der Waals surface area (Å²) >= 11 is 0. The van der Waals surface area contributed by atoms with Crippen LogP contribution in [0, 0.1) is 0 Å². The average molecular weight is 499 g/mol. The summed E-state index contributed by atoms with van der Waals surface area (Å²) in [5.74, 6) is 0.398. The molecule has 1 amide bonds. The lowest BCUT2D eigenvalue weighted by atomic mass is 10.1. The molecule has 0 saturated carbocycles. The molecule has 0 radical (unpaired) electrons. The summed E-state index contributed by atoms with van der Waals surface area (Å²) in [7, 11) is 0. The molecule has 0 N–H and O–H groups in total. The Morgan fingerprint density at radius 2 is 1.69 bits per heavy atom. The fourth-order valence-corrected chi connectivity index (χ4v) is 3.85. The van der Waals surface area contributed by atoms with E-state index in [9.17, 15) is 22.8 Å². The molecular formula is C27H24F3NO5. The monoisotopic (exact) mass is 499 g/mol. The average Bonchev–Trinajstić information content (AvgIpc) is 3.20. The van der Waals surface area contributed by atoms with Crippen LogP contribution in [0.1, 0.15) is 34.0 Å². The van der Waals surface area contributed by atoms with E-state index in [0.717, 1.165) is 17.7 Å². The lowest BCUT2D eigenvalue weighted by Crippen LogP contribution is -2.23. The molecule has 188 valence electrons. The number of alkyl halides is 3. The zero-order valence-corrected chi connectivity index (χ0v) is 19.5. The zero-order valence-electron chi connectivity index (χ0n) is 19.5. The third-order valence-electron chi connectivity index (χ3n) is 5.66. The van der Waals surface area contributed by atoms with Crippen molar-refractivity contribution < 1.29 is 37.0 Å². The predicted octanol–water partition coefficient (Wildman–Crippen LogP) is 5.43. The second-order valence-electron chi connectivity index (χ2n) is 8.05. The number of benzene rings is 3. The van der Waals surface area contributed by atoms with Gasteiger partial charge in [-0.05, 0) is 61.0 Å². The van der Waals surface area contributed by atoms with Crippen LogP contribution in [0.5, 0.6) is 11.5 Å². The van der Waals surface area contributed by atoms with Crippen molar-refractivity contribution in [2.75, 3.05) is 24.7 Å². The molecule has 1 heterocycles. The molecule has 1 aliphatic heterocycles. The number of carbonyl (C=O) groups is 2. The van der Waals surface area contributed by atoms with Crippen molar-refractivity contribution in [2.24, 2.45) is 0 Å². The quantitative estimate of drug-likeness (QED) is 0.368. The van der Waals surface area contributed by atoms with Gasteiger partial charge in [0, 0.05) is 23.2 Å². The molecule has 3 aromatic carbocycles. The number of hydrogen-bond donors (Lipinski definition) is 0. The summed E-state index contributed by atoms with van der Waals surface area (Å²) in [6.07, 6.45) is -3.84. The predicted molar refractivity (Wildman–Crippen MR) is 126 cm³/mol. The van der Waals surface area contributed by atoms with Crippen LogP contribution >= 0.6 is 0 Å². The van der Waals surface area contributed by atoms with Crippen LogP contribution in [0.4, 0.5) is 18.9 Å². The second-order valence-corrected chi connectivity index (χ2v) is 8.05. The van der Waals surface area contributed by atoms with Gasteiger partial charge in [0.15, 0.2) is 6.61 Å². The van der Waals surface area contributed by atoms with E-state index in [1.54, 1.807) is 37.3 Å². The van der Waals surface area contributed by atoms with E-state index in [2.05, 4.69) is 0 Å². The molecular weight excluding hydrogens is 475 g/mol. The number of fused-ring (bicyclic) bond motifs is 1. The normalized spacial score (nSPS) is 12.9. The van der Waals surface area contributed by atoms with Gasteiger partial charge in [-0.3, -0.25) is 4.79 Å². The van der Waals surface area contributed by atoms with Crippen molar-refractivity contribution in [3.63, 3.8) is 0 Å². The summed E-state index contributed by atoms with van der Waals surface area (Å²) in [5, 5.41) is 0. The van der Waals surface area contributed by atoms with Crippen molar-refractivity contribution in [1.29, 1.82) is 0 Å². The Kier molecular flexibility index (Phi) is 7.47. The molecule has 36 heavy (non-hydrogen) atoms. The highest BCUT2D eigenvalue weighted by molar-refractivity contribution is 6.10. The van der Waals surface area contributed by atoms with Crippen LogP contribution < -0.4 is 14.4 Å². The van der Waals surface area contributed by atoms with E-state index in [4.69, 9.17) is 14.2 Å². The molecule has 0 aromatic heterocycles. The van der Waals surface area contributed by atoms with Crippen LogP contribution in [0.25, 0.3) is 0 Å². The molecule has 1 aliphatic rings. The smallest absolute Gasteiger partial charge is 0.416 e. The maximum Gasteiger partial charge on any atom is 0.416 e. The molecule has 9 heteroatoms. The SMILES string of the molecule is CCOC(=O)COc1ccc(CCOc2cccc3c2CN(c2ccc(C(F)(F)F)cc2)C3=O)cc1. The van der Waals surface area contributed by atoms with Gasteiger partial charge < -0.3 is 19.1 Å². The Hall–Kier alpha value is -4.01.